The van der Waals surface area contributed by atoms with Crippen molar-refractivity contribution in [2.45, 2.75) is 20.0 Å². The summed E-state index contributed by atoms with van der Waals surface area (Å²) in [6, 6.07) is 22.0. The number of hydrogen-bond donors (Lipinski definition) is 2. The zero-order valence-electron chi connectivity index (χ0n) is 17.7. The van der Waals surface area contributed by atoms with E-state index in [1.165, 1.54) is 6.92 Å². The van der Waals surface area contributed by atoms with Crippen LogP contribution in [0.3, 0.4) is 0 Å². The van der Waals surface area contributed by atoms with Gasteiger partial charge in [0.15, 0.2) is 6.10 Å². The summed E-state index contributed by atoms with van der Waals surface area (Å²) >= 11 is 0. The van der Waals surface area contributed by atoms with Gasteiger partial charge in [-0.1, -0.05) is 12.1 Å². The zero-order chi connectivity index (χ0) is 22.5. The molecule has 0 spiro atoms. The second-order valence-electron chi connectivity index (χ2n) is 7.28. The number of hydrogen-bond acceptors (Lipinski definition) is 5. The van der Waals surface area contributed by atoms with E-state index in [1.54, 1.807) is 49.5 Å². The van der Waals surface area contributed by atoms with Gasteiger partial charge in [0.25, 0.3) is 5.91 Å². The SMILES string of the molecule is CC(=O)Nc1ccc(NC(=O)C(C)Oc2ccc(-c3cnc4ccccc4n3)cc2)cc1. The van der Waals surface area contributed by atoms with E-state index >= 15 is 0 Å². The zero-order valence-corrected chi connectivity index (χ0v) is 17.7. The normalized spacial score (nSPS) is 11.6. The van der Waals surface area contributed by atoms with Crippen LogP contribution in [0.2, 0.25) is 0 Å². The first-order valence-corrected chi connectivity index (χ1v) is 10.2. The fraction of sp³-hybridized carbons (Fsp3) is 0.120. The van der Waals surface area contributed by atoms with Crippen molar-refractivity contribution < 1.29 is 14.3 Å². The van der Waals surface area contributed by atoms with Gasteiger partial charge in [0.05, 0.1) is 22.9 Å². The van der Waals surface area contributed by atoms with Crippen molar-refractivity contribution in [3.8, 4) is 17.0 Å². The lowest BCUT2D eigenvalue weighted by molar-refractivity contribution is -0.122. The standard InChI is InChI=1S/C25H22N4O3/c1-16(25(31)28-20-11-9-19(10-12-20)27-17(2)30)32-21-13-7-18(8-14-21)24-15-26-22-5-3-4-6-23(22)29-24/h3-16H,1-2H3,(H,27,30)(H,28,31). The summed E-state index contributed by atoms with van der Waals surface area (Å²) in [4.78, 5) is 32.6. The lowest BCUT2D eigenvalue weighted by atomic mass is 10.1. The summed E-state index contributed by atoms with van der Waals surface area (Å²) in [5.74, 6) is 0.149. The van der Waals surface area contributed by atoms with Crippen molar-refractivity contribution in [2.24, 2.45) is 0 Å². The summed E-state index contributed by atoms with van der Waals surface area (Å²) < 4.78 is 5.78. The smallest absolute Gasteiger partial charge is 0.265 e. The second-order valence-corrected chi connectivity index (χ2v) is 7.28. The van der Waals surface area contributed by atoms with E-state index in [-0.39, 0.29) is 11.8 Å². The third-order valence-electron chi connectivity index (χ3n) is 4.75. The Kier molecular flexibility index (Phi) is 6.07. The number of carbonyl (C=O) groups excluding carboxylic acids is 2. The molecular weight excluding hydrogens is 404 g/mol. The Labute approximate surface area is 185 Å². The van der Waals surface area contributed by atoms with Crippen molar-refractivity contribution in [1.29, 1.82) is 0 Å². The Morgan fingerprint density at radius 1 is 0.844 bits per heavy atom. The van der Waals surface area contributed by atoms with Crippen molar-refractivity contribution in [1.82, 2.24) is 9.97 Å². The van der Waals surface area contributed by atoms with Crippen LogP contribution < -0.4 is 15.4 Å². The van der Waals surface area contributed by atoms with E-state index < -0.39 is 6.10 Å². The van der Waals surface area contributed by atoms with Crippen LogP contribution in [0, 0.1) is 0 Å². The average molecular weight is 426 g/mol. The lowest BCUT2D eigenvalue weighted by Crippen LogP contribution is -2.30. The van der Waals surface area contributed by atoms with Gasteiger partial charge in [-0.15, -0.1) is 0 Å². The number of benzene rings is 3. The molecule has 0 fully saturated rings. The lowest BCUT2D eigenvalue weighted by Gasteiger charge is -2.15. The monoisotopic (exact) mass is 426 g/mol. The molecule has 0 aliphatic heterocycles. The molecule has 4 rings (SSSR count). The van der Waals surface area contributed by atoms with Gasteiger partial charge in [-0.25, -0.2) is 4.98 Å². The van der Waals surface area contributed by atoms with E-state index in [9.17, 15) is 9.59 Å². The van der Waals surface area contributed by atoms with Gasteiger partial charge in [-0.2, -0.15) is 0 Å². The highest BCUT2D eigenvalue weighted by Crippen LogP contribution is 2.23. The number of nitrogens with one attached hydrogen (secondary N) is 2. The molecule has 1 atom stereocenters. The minimum Gasteiger partial charge on any atom is -0.481 e. The van der Waals surface area contributed by atoms with Crippen LogP contribution in [-0.2, 0) is 9.59 Å². The van der Waals surface area contributed by atoms with Crippen LogP contribution in [-0.4, -0.2) is 27.9 Å². The van der Waals surface area contributed by atoms with E-state index in [2.05, 4.69) is 20.6 Å². The molecule has 0 aliphatic carbocycles. The van der Waals surface area contributed by atoms with Gasteiger partial charge < -0.3 is 15.4 Å². The van der Waals surface area contributed by atoms with Crippen LogP contribution in [0.25, 0.3) is 22.3 Å². The highest BCUT2D eigenvalue weighted by Gasteiger charge is 2.15. The largest absolute Gasteiger partial charge is 0.481 e. The summed E-state index contributed by atoms with van der Waals surface area (Å²) in [6.07, 6.45) is 1.04. The summed E-state index contributed by atoms with van der Waals surface area (Å²) in [6.45, 7) is 3.13. The molecule has 32 heavy (non-hydrogen) atoms. The van der Waals surface area contributed by atoms with Crippen LogP contribution >= 0.6 is 0 Å². The van der Waals surface area contributed by atoms with Gasteiger partial charge >= 0.3 is 0 Å². The van der Waals surface area contributed by atoms with Crippen LogP contribution in [0.1, 0.15) is 13.8 Å². The maximum absolute atomic E-state index is 12.5. The molecule has 0 radical (unpaired) electrons. The molecule has 0 bridgehead atoms. The minimum atomic E-state index is -0.698. The predicted molar refractivity (Wildman–Crippen MR) is 124 cm³/mol. The first-order valence-electron chi connectivity index (χ1n) is 10.2. The van der Waals surface area contributed by atoms with E-state index in [0.717, 1.165) is 22.3 Å². The van der Waals surface area contributed by atoms with E-state index in [1.807, 2.05) is 36.4 Å². The number of aromatic nitrogens is 2. The number of fused-ring (bicyclic) bond motifs is 1. The molecule has 2 N–H and O–H groups in total. The number of ether oxygens (including phenoxy) is 1. The molecule has 1 heterocycles. The number of anilines is 2. The summed E-state index contributed by atoms with van der Waals surface area (Å²) in [5, 5.41) is 5.48. The highest BCUT2D eigenvalue weighted by atomic mass is 16.5. The first kappa shape index (κ1) is 21.0. The Balaban J connectivity index is 1.38. The van der Waals surface area contributed by atoms with Crippen LogP contribution in [0.5, 0.6) is 5.75 Å². The molecule has 4 aromatic rings. The minimum absolute atomic E-state index is 0.150. The molecule has 2 amide bonds. The molecule has 7 heteroatoms. The van der Waals surface area contributed by atoms with Gasteiger partial charge in [0, 0.05) is 23.9 Å². The molecule has 3 aromatic carbocycles. The van der Waals surface area contributed by atoms with Crippen molar-refractivity contribution in [3.63, 3.8) is 0 Å². The van der Waals surface area contributed by atoms with Crippen molar-refractivity contribution in [2.75, 3.05) is 10.6 Å². The maximum atomic E-state index is 12.5. The van der Waals surface area contributed by atoms with Gasteiger partial charge in [-0.3, -0.25) is 14.6 Å². The van der Waals surface area contributed by atoms with Crippen molar-refractivity contribution in [3.05, 3.63) is 79.0 Å². The predicted octanol–water partition coefficient (Wildman–Crippen LogP) is 4.66. The van der Waals surface area contributed by atoms with Crippen molar-refractivity contribution >= 4 is 34.2 Å². The number of carbonyl (C=O) groups is 2. The molecule has 1 unspecified atom stereocenters. The fourth-order valence-electron chi connectivity index (χ4n) is 3.14. The molecule has 160 valence electrons. The Morgan fingerprint density at radius 2 is 1.47 bits per heavy atom. The third kappa shape index (κ3) is 5.07. The molecule has 1 aromatic heterocycles. The first-order chi connectivity index (χ1) is 15.5. The van der Waals surface area contributed by atoms with E-state index in [4.69, 9.17) is 4.74 Å². The number of nitrogens with zero attached hydrogens (tertiary/aromatic N) is 2. The van der Waals surface area contributed by atoms with Gasteiger partial charge in [-0.05, 0) is 67.6 Å². The topological polar surface area (TPSA) is 93.2 Å². The fourth-order valence-corrected chi connectivity index (χ4v) is 3.14. The van der Waals surface area contributed by atoms with Crippen LogP contribution in [0.4, 0.5) is 11.4 Å². The second kappa shape index (κ2) is 9.26. The molecular formula is C25H22N4O3. The number of amides is 2. The quantitative estimate of drug-likeness (QED) is 0.468. The average Bonchev–Trinajstić information content (AvgIpc) is 2.80. The molecule has 0 saturated heterocycles. The third-order valence-corrected chi connectivity index (χ3v) is 4.75. The van der Waals surface area contributed by atoms with Gasteiger partial charge in [0.1, 0.15) is 5.75 Å². The Morgan fingerprint density at radius 3 is 2.12 bits per heavy atom. The van der Waals surface area contributed by atoms with E-state index in [0.29, 0.717) is 17.1 Å². The number of para-hydroxylation sites is 2. The maximum Gasteiger partial charge on any atom is 0.265 e. The Hall–Kier alpha value is -4.26. The summed E-state index contributed by atoms with van der Waals surface area (Å²) in [5.41, 5.74) is 4.64. The molecule has 7 nitrogen and oxygen atoms in total. The molecule has 0 saturated carbocycles. The Bertz CT molecular complexity index is 1250. The van der Waals surface area contributed by atoms with Gasteiger partial charge in [0.2, 0.25) is 5.91 Å². The summed E-state index contributed by atoms with van der Waals surface area (Å²) in [7, 11) is 0. The van der Waals surface area contributed by atoms with Crippen LogP contribution in [0.15, 0.2) is 79.0 Å². The highest BCUT2D eigenvalue weighted by molar-refractivity contribution is 5.94. The molecule has 0 aliphatic rings. The number of rotatable bonds is 6.